The van der Waals surface area contributed by atoms with Gasteiger partial charge in [-0.1, -0.05) is 19.1 Å². The molecule has 3 heteroatoms. The highest BCUT2D eigenvalue weighted by atomic mass is 16.5. The predicted molar refractivity (Wildman–Crippen MR) is 71.2 cm³/mol. The van der Waals surface area contributed by atoms with Crippen LogP contribution in [-0.2, 0) is 11.2 Å². The van der Waals surface area contributed by atoms with Crippen LogP contribution in [0.1, 0.15) is 19.4 Å². The molecule has 3 nitrogen and oxygen atoms in total. The first-order chi connectivity index (χ1) is 8.65. The Balaban J connectivity index is 2.60. The largest absolute Gasteiger partial charge is 0.497 e. The Morgan fingerprint density at radius 1 is 1.22 bits per heavy atom. The standard InChI is InChI=1S/C15H16O3/c1-4-13-14-7-6-12(17-3)9-11(14)5-8-15(13)18-10(2)16/h5-9H,4H2,1-3H3. The molecule has 18 heavy (non-hydrogen) atoms. The number of fused-ring (bicyclic) bond motifs is 1. The molecule has 0 N–H and O–H groups in total. The molecule has 0 radical (unpaired) electrons. The van der Waals surface area contributed by atoms with Crippen LogP contribution >= 0.6 is 0 Å². The minimum absolute atomic E-state index is 0.294. The molecule has 0 atom stereocenters. The Morgan fingerprint density at radius 2 is 2.00 bits per heavy atom. The van der Waals surface area contributed by atoms with Gasteiger partial charge >= 0.3 is 5.97 Å². The van der Waals surface area contributed by atoms with Crippen LogP contribution in [0, 0.1) is 0 Å². The van der Waals surface area contributed by atoms with E-state index < -0.39 is 0 Å². The lowest BCUT2D eigenvalue weighted by Gasteiger charge is -2.11. The van der Waals surface area contributed by atoms with Gasteiger partial charge in [0.1, 0.15) is 11.5 Å². The summed E-state index contributed by atoms with van der Waals surface area (Å²) in [4.78, 5) is 11.1. The molecule has 2 aromatic carbocycles. The van der Waals surface area contributed by atoms with Gasteiger partial charge in [-0.05, 0) is 35.4 Å². The predicted octanol–water partition coefficient (Wildman–Crippen LogP) is 3.34. The number of benzene rings is 2. The normalized spacial score (nSPS) is 10.4. The second kappa shape index (κ2) is 5.08. The SMILES string of the molecule is CCc1c(OC(C)=O)ccc2cc(OC)ccc12. The Bertz CT molecular complexity index is 588. The van der Waals surface area contributed by atoms with E-state index >= 15 is 0 Å². The third kappa shape index (κ3) is 2.30. The average Bonchev–Trinajstić information content (AvgIpc) is 2.37. The summed E-state index contributed by atoms with van der Waals surface area (Å²) in [5.41, 5.74) is 1.05. The number of ether oxygens (including phenoxy) is 2. The summed E-state index contributed by atoms with van der Waals surface area (Å²) in [5.74, 6) is 1.17. The van der Waals surface area contributed by atoms with Crippen molar-refractivity contribution in [3.63, 3.8) is 0 Å². The van der Waals surface area contributed by atoms with Crippen LogP contribution in [0.4, 0.5) is 0 Å². The zero-order valence-electron chi connectivity index (χ0n) is 10.8. The summed E-state index contributed by atoms with van der Waals surface area (Å²) in [7, 11) is 1.65. The molecule has 0 aromatic heterocycles. The van der Waals surface area contributed by atoms with Crippen LogP contribution in [0.2, 0.25) is 0 Å². The van der Waals surface area contributed by atoms with E-state index in [0.29, 0.717) is 5.75 Å². The summed E-state index contributed by atoms with van der Waals surface area (Å²) < 4.78 is 10.4. The Kier molecular flexibility index (Phi) is 3.51. The molecular formula is C15H16O3. The van der Waals surface area contributed by atoms with Crippen molar-refractivity contribution in [3.05, 3.63) is 35.9 Å². The van der Waals surface area contributed by atoms with Crippen LogP contribution in [0.25, 0.3) is 10.8 Å². The first-order valence-corrected chi connectivity index (χ1v) is 5.93. The van der Waals surface area contributed by atoms with Crippen LogP contribution in [-0.4, -0.2) is 13.1 Å². The van der Waals surface area contributed by atoms with Gasteiger partial charge in [-0.15, -0.1) is 0 Å². The number of esters is 1. The highest BCUT2D eigenvalue weighted by Gasteiger charge is 2.09. The van der Waals surface area contributed by atoms with Gasteiger partial charge in [0.05, 0.1) is 7.11 Å². The molecule has 2 rings (SSSR count). The van der Waals surface area contributed by atoms with Crippen LogP contribution in [0.15, 0.2) is 30.3 Å². The smallest absolute Gasteiger partial charge is 0.308 e. The molecule has 0 aliphatic heterocycles. The number of hydrogen-bond acceptors (Lipinski definition) is 3. The van der Waals surface area contributed by atoms with E-state index in [-0.39, 0.29) is 5.97 Å². The maximum absolute atomic E-state index is 11.1. The minimum Gasteiger partial charge on any atom is -0.497 e. The topological polar surface area (TPSA) is 35.5 Å². The fraction of sp³-hybridized carbons (Fsp3) is 0.267. The third-order valence-electron chi connectivity index (χ3n) is 2.90. The van der Waals surface area contributed by atoms with Gasteiger partial charge in [0.2, 0.25) is 0 Å². The molecule has 0 aliphatic carbocycles. The highest BCUT2D eigenvalue weighted by Crippen LogP contribution is 2.31. The van der Waals surface area contributed by atoms with Gasteiger partial charge in [0.25, 0.3) is 0 Å². The van der Waals surface area contributed by atoms with Crippen molar-refractivity contribution in [2.24, 2.45) is 0 Å². The van der Waals surface area contributed by atoms with Crippen molar-refractivity contribution in [2.75, 3.05) is 7.11 Å². The number of rotatable bonds is 3. The fourth-order valence-corrected chi connectivity index (χ4v) is 2.09. The average molecular weight is 244 g/mol. The monoisotopic (exact) mass is 244 g/mol. The molecule has 0 aliphatic rings. The molecule has 0 spiro atoms. The fourth-order valence-electron chi connectivity index (χ4n) is 2.09. The molecule has 0 heterocycles. The molecule has 0 fully saturated rings. The second-order valence-electron chi connectivity index (χ2n) is 4.08. The first kappa shape index (κ1) is 12.4. The summed E-state index contributed by atoms with van der Waals surface area (Å²) in [5, 5.41) is 2.18. The van der Waals surface area contributed by atoms with Gasteiger partial charge in [-0.25, -0.2) is 0 Å². The van der Waals surface area contributed by atoms with Crippen LogP contribution in [0.3, 0.4) is 0 Å². The lowest BCUT2D eigenvalue weighted by atomic mass is 10.0. The number of aryl methyl sites for hydroxylation is 1. The van der Waals surface area contributed by atoms with Crippen molar-refractivity contribution in [3.8, 4) is 11.5 Å². The second-order valence-corrected chi connectivity index (χ2v) is 4.08. The summed E-state index contributed by atoms with van der Waals surface area (Å²) in [6.45, 7) is 3.46. The van der Waals surface area contributed by atoms with E-state index in [9.17, 15) is 4.79 Å². The maximum atomic E-state index is 11.1. The minimum atomic E-state index is -0.294. The van der Waals surface area contributed by atoms with E-state index in [4.69, 9.17) is 9.47 Å². The third-order valence-corrected chi connectivity index (χ3v) is 2.90. The van der Waals surface area contributed by atoms with Gasteiger partial charge in [0.15, 0.2) is 0 Å². The molecule has 0 unspecified atom stereocenters. The summed E-state index contributed by atoms with van der Waals surface area (Å²) in [6, 6.07) is 9.67. The van der Waals surface area contributed by atoms with Crippen molar-refractivity contribution in [1.29, 1.82) is 0 Å². The van der Waals surface area contributed by atoms with Gasteiger partial charge in [-0.3, -0.25) is 4.79 Å². The van der Waals surface area contributed by atoms with Gasteiger partial charge < -0.3 is 9.47 Å². The van der Waals surface area contributed by atoms with Crippen molar-refractivity contribution >= 4 is 16.7 Å². The number of carbonyl (C=O) groups is 1. The number of methoxy groups -OCH3 is 1. The molecule has 2 aromatic rings. The van der Waals surface area contributed by atoms with E-state index in [2.05, 4.69) is 0 Å². The molecule has 94 valence electrons. The van der Waals surface area contributed by atoms with Gasteiger partial charge in [-0.2, -0.15) is 0 Å². The Labute approximate surface area is 106 Å². The quantitative estimate of drug-likeness (QED) is 0.613. The lowest BCUT2D eigenvalue weighted by molar-refractivity contribution is -0.131. The molecule has 0 amide bonds. The van der Waals surface area contributed by atoms with E-state index in [1.54, 1.807) is 7.11 Å². The Morgan fingerprint density at radius 3 is 2.61 bits per heavy atom. The van der Waals surface area contributed by atoms with Crippen LogP contribution in [0.5, 0.6) is 11.5 Å². The molecule has 0 saturated carbocycles. The van der Waals surface area contributed by atoms with Crippen LogP contribution < -0.4 is 9.47 Å². The highest BCUT2D eigenvalue weighted by molar-refractivity contribution is 5.89. The van der Waals surface area contributed by atoms with E-state index in [1.807, 2.05) is 37.3 Å². The van der Waals surface area contributed by atoms with Crippen molar-refractivity contribution in [1.82, 2.24) is 0 Å². The first-order valence-electron chi connectivity index (χ1n) is 5.93. The van der Waals surface area contributed by atoms with Crippen molar-refractivity contribution < 1.29 is 14.3 Å². The zero-order valence-corrected chi connectivity index (χ0v) is 10.8. The molecular weight excluding hydrogens is 228 g/mol. The zero-order chi connectivity index (χ0) is 13.1. The van der Waals surface area contributed by atoms with Crippen molar-refractivity contribution in [2.45, 2.75) is 20.3 Å². The van der Waals surface area contributed by atoms with Gasteiger partial charge in [0, 0.05) is 12.5 Å². The number of carbonyl (C=O) groups excluding carboxylic acids is 1. The van der Waals surface area contributed by atoms with E-state index in [1.165, 1.54) is 6.92 Å². The van der Waals surface area contributed by atoms with E-state index in [0.717, 1.165) is 28.5 Å². The number of hydrogen-bond donors (Lipinski definition) is 0. The maximum Gasteiger partial charge on any atom is 0.308 e. The molecule has 0 saturated heterocycles. The Hall–Kier alpha value is -2.03. The molecule has 0 bridgehead atoms. The lowest BCUT2D eigenvalue weighted by Crippen LogP contribution is -2.04. The summed E-state index contributed by atoms with van der Waals surface area (Å²) in [6.07, 6.45) is 0.812. The summed E-state index contributed by atoms with van der Waals surface area (Å²) >= 11 is 0.